The molecule has 44 heavy (non-hydrogen) atoms. The van der Waals surface area contributed by atoms with E-state index in [0.717, 1.165) is 12.1 Å². The van der Waals surface area contributed by atoms with Gasteiger partial charge in [0.15, 0.2) is 36.0 Å². The van der Waals surface area contributed by atoms with Crippen LogP contribution in [0.1, 0.15) is 30.7 Å². The number of methoxy groups -OCH3 is 1. The van der Waals surface area contributed by atoms with Crippen molar-refractivity contribution in [2.75, 3.05) is 13.7 Å². The molecule has 2 aromatic rings. The molecule has 240 valence electrons. The predicted octanol–water partition coefficient (Wildman–Crippen LogP) is -4.23. The molecule has 2 fully saturated rings. The Hall–Kier alpha value is -1.61. The second-order valence-corrected chi connectivity index (χ2v) is 10.4. The van der Waals surface area contributed by atoms with Gasteiger partial charge in [-0.25, -0.2) is 0 Å². The van der Waals surface area contributed by atoms with E-state index in [4.69, 9.17) is 23.7 Å². The number of benzene rings is 2. The van der Waals surface area contributed by atoms with Gasteiger partial charge in [0.05, 0.1) is 19.8 Å². The van der Waals surface area contributed by atoms with Crippen LogP contribution in [0, 0.1) is 0 Å². The number of phenols is 3. The molecule has 2 aliphatic rings. The van der Waals surface area contributed by atoms with E-state index < -0.39 is 90.9 Å². The summed E-state index contributed by atoms with van der Waals surface area (Å²) in [7, 11) is 1.40. The van der Waals surface area contributed by atoms with Crippen LogP contribution >= 0.6 is 0 Å². The summed E-state index contributed by atoms with van der Waals surface area (Å²) < 4.78 is 27.0. The van der Waals surface area contributed by atoms with Crippen molar-refractivity contribution in [2.45, 2.75) is 81.2 Å². The molecule has 0 bridgehead atoms. The summed E-state index contributed by atoms with van der Waals surface area (Å²) in [5.74, 6) is -2.04. The molecular weight excluding hydrogens is 615 g/mol. The summed E-state index contributed by atoms with van der Waals surface area (Å²) in [5, 5.41) is 92.5. The van der Waals surface area contributed by atoms with E-state index in [1.54, 1.807) is 6.07 Å². The second-order valence-electron chi connectivity index (χ2n) is 10.4. The van der Waals surface area contributed by atoms with Crippen molar-refractivity contribution in [3.8, 4) is 28.7 Å². The van der Waals surface area contributed by atoms with E-state index in [1.807, 2.05) is 0 Å². The number of carbonyl (C=O) groups is 1. The number of ether oxygens (including phenoxy) is 5. The Labute approximate surface area is 296 Å². The minimum atomic E-state index is -1.83. The number of phenolic OH excluding ortho intramolecular Hbond substituents is 3. The van der Waals surface area contributed by atoms with E-state index in [9.17, 15) is 50.8 Å². The van der Waals surface area contributed by atoms with Crippen LogP contribution in [-0.2, 0) is 20.6 Å². The fraction of sp³-hybridized carbons (Fsp3) is 0.536. The summed E-state index contributed by atoms with van der Waals surface area (Å²) in [4.78, 5) is 12.9. The number of hydrogen-bond donors (Lipinski definition) is 9. The number of rotatable bonds is 10. The summed E-state index contributed by atoms with van der Waals surface area (Å²) in [6, 6.07) is 6.59. The number of aryl methyl sites for hydroxylation is 1. The van der Waals surface area contributed by atoms with E-state index >= 15 is 0 Å². The van der Waals surface area contributed by atoms with Crippen LogP contribution in [0.5, 0.6) is 28.7 Å². The molecule has 2 aromatic carbocycles. The Morgan fingerprint density at radius 3 is 2.11 bits per heavy atom. The first-order chi connectivity index (χ1) is 20.4. The maximum absolute atomic E-state index is 12.9. The molecular formula is C28H37KO15. The Morgan fingerprint density at radius 1 is 0.886 bits per heavy atom. The van der Waals surface area contributed by atoms with Crippen molar-refractivity contribution in [3.05, 3.63) is 41.5 Å². The minimum Gasteiger partial charge on any atom is -1.00 e. The van der Waals surface area contributed by atoms with E-state index in [0.29, 0.717) is 5.56 Å². The Morgan fingerprint density at radius 2 is 1.52 bits per heavy atom. The van der Waals surface area contributed by atoms with Crippen molar-refractivity contribution in [1.82, 2.24) is 0 Å². The van der Waals surface area contributed by atoms with Gasteiger partial charge in [-0.05, 0) is 31.0 Å². The zero-order chi connectivity index (χ0) is 31.6. The molecule has 0 aromatic heterocycles. The van der Waals surface area contributed by atoms with E-state index in [1.165, 1.54) is 26.2 Å². The van der Waals surface area contributed by atoms with Crippen LogP contribution in [0.25, 0.3) is 0 Å². The quantitative estimate of drug-likeness (QED) is 0.0872. The molecule has 0 radical (unpaired) electrons. The molecule has 0 amide bonds. The molecule has 2 aliphatic heterocycles. The first kappa shape index (κ1) is 36.9. The van der Waals surface area contributed by atoms with Gasteiger partial charge in [-0.1, -0.05) is 6.07 Å². The zero-order valence-corrected chi connectivity index (χ0v) is 27.4. The molecule has 16 heteroatoms. The molecule has 15 nitrogen and oxygen atoms in total. The van der Waals surface area contributed by atoms with Crippen molar-refractivity contribution in [2.24, 2.45) is 0 Å². The summed E-state index contributed by atoms with van der Waals surface area (Å²) in [6.45, 7) is 0.707. The van der Waals surface area contributed by atoms with Gasteiger partial charge in [-0.15, -0.1) is 0 Å². The summed E-state index contributed by atoms with van der Waals surface area (Å²) in [6.07, 6.45) is -15.5. The number of aromatic hydroxyl groups is 3. The van der Waals surface area contributed by atoms with Gasteiger partial charge in [0.25, 0.3) is 0 Å². The van der Waals surface area contributed by atoms with Crippen LogP contribution in [0.3, 0.4) is 0 Å². The first-order valence-electron chi connectivity index (χ1n) is 13.5. The van der Waals surface area contributed by atoms with Gasteiger partial charge in [-0.3, -0.25) is 4.79 Å². The molecule has 2 heterocycles. The maximum atomic E-state index is 12.9. The van der Waals surface area contributed by atoms with Crippen molar-refractivity contribution in [3.63, 3.8) is 0 Å². The average molecular weight is 653 g/mol. The van der Waals surface area contributed by atoms with Gasteiger partial charge in [-0.2, -0.15) is 0 Å². The monoisotopic (exact) mass is 652 g/mol. The Balaban J connectivity index is 0.00000353. The molecule has 0 unspecified atom stereocenters. The van der Waals surface area contributed by atoms with E-state index in [-0.39, 0.29) is 82.9 Å². The molecule has 2 saturated heterocycles. The van der Waals surface area contributed by atoms with Crippen LogP contribution in [-0.4, -0.2) is 127 Å². The topological polar surface area (TPSA) is 245 Å². The number of carbonyl (C=O) groups excluding carboxylic acids is 1. The smallest absolute Gasteiger partial charge is 1.00 e. The summed E-state index contributed by atoms with van der Waals surface area (Å²) >= 11 is 0. The summed E-state index contributed by atoms with van der Waals surface area (Å²) in [5.41, 5.74) is 0.207. The standard InChI is InChI=1S/C28H36O15.K.H/c1-11-21(34)23(36)26(28(40-11)43-25-24(37)22(35)19(10-29)42-27(25)38)41-13-8-16(32)20(17(33)9-13)14(30)5-3-12-4-6-18(39-2)15(31)7-12;;/h4,6-9,11,19,21-29,31-38H,3,5,10H2,1-2H3;;/q;+1;-1/t11-,19+,21-,22+,23+,24-,25+,26+,27+,28-;;/m0../s1. The largest absolute Gasteiger partial charge is 1.00 e. The zero-order valence-electron chi connectivity index (χ0n) is 25.3. The molecule has 9 N–H and O–H groups in total. The Bertz CT molecular complexity index is 1260. The SMILES string of the molecule is COc1ccc(CCC(=O)c2c(O)cc(O[C@H]3[C@H](O[C@@H]4[C@@H](O)[C@H](O)[C@@H](CO)O[C@H]4O)O[C@@H](C)[C@H](O)[C@H]3O)cc2O)cc1O.[H-].[K+]. The third-order valence-electron chi connectivity index (χ3n) is 7.42. The Kier molecular flexibility index (Phi) is 13.2. The van der Waals surface area contributed by atoms with Gasteiger partial charge >= 0.3 is 51.4 Å². The van der Waals surface area contributed by atoms with Crippen molar-refractivity contribution < 1.29 is 127 Å². The van der Waals surface area contributed by atoms with Crippen LogP contribution < -0.4 is 60.9 Å². The van der Waals surface area contributed by atoms with E-state index in [2.05, 4.69) is 0 Å². The van der Waals surface area contributed by atoms with Crippen molar-refractivity contribution >= 4 is 5.78 Å². The number of aliphatic hydroxyl groups excluding tert-OH is 6. The number of Topliss-reactive ketones (excluding diaryl/α,β-unsaturated/α-hetero) is 1. The van der Waals surface area contributed by atoms with Crippen LogP contribution in [0.15, 0.2) is 30.3 Å². The fourth-order valence-electron chi connectivity index (χ4n) is 4.98. The van der Waals surface area contributed by atoms with Crippen LogP contribution in [0.4, 0.5) is 0 Å². The fourth-order valence-corrected chi connectivity index (χ4v) is 4.98. The molecule has 10 atom stereocenters. The third kappa shape index (κ3) is 8.02. The number of ketones is 1. The average Bonchev–Trinajstić information content (AvgIpc) is 2.96. The van der Waals surface area contributed by atoms with Crippen molar-refractivity contribution in [1.29, 1.82) is 0 Å². The third-order valence-corrected chi connectivity index (χ3v) is 7.42. The van der Waals surface area contributed by atoms with Crippen LogP contribution in [0.2, 0.25) is 0 Å². The predicted molar refractivity (Wildman–Crippen MR) is 144 cm³/mol. The molecule has 0 spiro atoms. The molecule has 0 saturated carbocycles. The first-order valence-corrected chi connectivity index (χ1v) is 13.5. The molecule has 0 aliphatic carbocycles. The minimum absolute atomic E-state index is 0. The maximum Gasteiger partial charge on any atom is 1.00 e. The van der Waals surface area contributed by atoms with Gasteiger partial charge in [0.1, 0.15) is 59.4 Å². The second kappa shape index (κ2) is 15.8. The van der Waals surface area contributed by atoms with Gasteiger partial charge in [0, 0.05) is 18.6 Å². The normalized spacial score (nSPS) is 32.0. The molecule has 4 rings (SSSR count). The van der Waals surface area contributed by atoms with Gasteiger partial charge < -0.3 is 71.1 Å². The van der Waals surface area contributed by atoms with Gasteiger partial charge in [0.2, 0.25) is 0 Å². The number of hydrogen-bond acceptors (Lipinski definition) is 15. The number of aliphatic hydroxyl groups is 6.